The van der Waals surface area contributed by atoms with Crippen molar-refractivity contribution in [3.05, 3.63) is 9.81 Å². The first-order valence-electron chi connectivity index (χ1n) is 11.3. The number of hydrogen-bond acceptors (Lipinski definition) is 9. The molecule has 0 aromatic carbocycles. The maximum Gasteiger partial charge on any atom is 0.219 e. The number of nitrogens with one attached hydrogen (secondary N) is 4. The highest BCUT2D eigenvalue weighted by Gasteiger charge is 2.30. The number of nitroso groups, excluding NO2 is 2. The zero-order chi connectivity index (χ0) is 24.6. The summed E-state index contributed by atoms with van der Waals surface area (Å²) >= 11 is 0. The zero-order valence-corrected chi connectivity index (χ0v) is 20.5. The lowest BCUT2D eigenvalue weighted by atomic mass is 9.92. The Morgan fingerprint density at radius 1 is 0.906 bits per heavy atom. The average molecular weight is 459 g/mol. The van der Waals surface area contributed by atoms with Gasteiger partial charge in [-0.2, -0.15) is 15.3 Å². The van der Waals surface area contributed by atoms with Crippen molar-refractivity contribution in [2.45, 2.75) is 96.3 Å². The predicted octanol–water partition coefficient (Wildman–Crippen LogP) is 2.15. The van der Waals surface area contributed by atoms with Crippen molar-refractivity contribution < 1.29 is 14.4 Å². The van der Waals surface area contributed by atoms with Crippen LogP contribution in [0.4, 0.5) is 0 Å². The van der Waals surface area contributed by atoms with Gasteiger partial charge >= 0.3 is 0 Å². The van der Waals surface area contributed by atoms with Crippen molar-refractivity contribution in [1.29, 1.82) is 0 Å². The minimum atomic E-state index is -0.591. The van der Waals surface area contributed by atoms with Gasteiger partial charge in [-0.1, -0.05) is 16.8 Å². The van der Waals surface area contributed by atoms with E-state index in [1.54, 1.807) is 14.0 Å². The Labute approximate surface area is 191 Å². The molecule has 32 heavy (non-hydrogen) atoms. The highest BCUT2D eigenvalue weighted by Crippen LogP contribution is 2.16. The molecule has 0 bridgehead atoms. The fraction of sp³-hybridized carbons (Fsp3) is 0.905. The Bertz CT molecular complexity index is 585. The highest BCUT2D eigenvalue weighted by molar-refractivity contribution is 5.76. The maximum absolute atomic E-state index is 11.9. The van der Waals surface area contributed by atoms with Gasteiger partial charge in [0.25, 0.3) is 0 Å². The number of amides is 2. The molecule has 0 aliphatic heterocycles. The summed E-state index contributed by atoms with van der Waals surface area (Å²) < 4.78 is 0. The topological polar surface area (TPSA) is 150 Å². The molecule has 2 unspecified atom stereocenters. The lowest BCUT2D eigenvalue weighted by molar-refractivity contribution is -0.121. The van der Waals surface area contributed by atoms with Gasteiger partial charge < -0.3 is 16.0 Å². The molecule has 0 aliphatic rings. The van der Waals surface area contributed by atoms with Crippen molar-refractivity contribution >= 4 is 11.8 Å². The molecule has 0 aromatic heterocycles. The van der Waals surface area contributed by atoms with Crippen LogP contribution in [-0.4, -0.2) is 61.7 Å². The molecule has 4 N–H and O–H groups in total. The minimum absolute atomic E-state index is 0.00883. The number of rotatable bonds is 19. The monoisotopic (exact) mass is 458 g/mol. The van der Waals surface area contributed by atoms with Crippen molar-refractivity contribution in [3.8, 4) is 0 Å². The first kappa shape index (κ1) is 30.0. The van der Waals surface area contributed by atoms with E-state index in [0.717, 1.165) is 19.3 Å². The first-order chi connectivity index (χ1) is 15.0. The van der Waals surface area contributed by atoms with Gasteiger partial charge in [0.15, 0.2) is 0 Å². The zero-order valence-electron chi connectivity index (χ0n) is 20.5. The molecule has 0 aliphatic carbocycles. The van der Waals surface area contributed by atoms with E-state index in [9.17, 15) is 19.4 Å². The van der Waals surface area contributed by atoms with E-state index >= 15 is 0 Å². The summed E-state index contributed by atoms with van der Waals surface area (Å²) in [4.78, 5) is 50.5. The van der Waals surface area contributed by atoms with Crippen LogP contribution in [0.15, 0.2) is 10.4 Å². The molecule has 2 atom stereocenters. The van der Waals surface area contributed by atoms with Crippen molar-refractivity contribution in [2.75, 3.05) is 26.7 Å². The van der Waals surface area contributed by atoms with Crippen molar-refractivity contribution in [2.24, 2.45) is 10.4 Å². The van der Waals surface area contributed by atoms with E-state index < -0.39 is 23.2 Å². The van der Waals surface area contributed by atoms with Crippen LogP contribution in [-0.2, 0) is 14.4 Å². The van der Waals surface area contributed by atoms with E-state index in [-0.39, 0.29) is 11.8 Å². The van der Waals surface area contributed by atoms with Gasteiger partial charge in [0.2, 0.25) is 11.8 Å². The van der Waals surface area contributed by atoms with Crippen LogP contribution in [0.25, 0.3) is 0 Å². The highest BCUT2D eigenvalue weighted by atomic mass is 16.6. The Kier molecular flexibility index (Phi) is 14.8. The first-order valence-corrected chi connectivity index (χ1v) is 11.3. The van der Waals surface area contributed by atoms with Crippen LogP contribution in [0, 0.1) is 9.81 Å². The number of nitrogens with zero attached hydrogens (tertiary/aromatic N) is 2. The Morgan fingerprint density at radius 2 is 1.53 bits per heavy atom. The molecule has 0 saturated carbocycles. The number of hydroxylamine groups is 1. The third-order valence-electron chi connectivity index (χ3n) is 5.61. The summed E-state index contributed by atoms with van der Waals surface area (Å²) in [7, 11) is 1.61. The third-order valence-corrected chi connectivity index (χ3v) is 5.61. The van der Waals surface area contributed by atoms with E-state index in [4.69, 9.17) is 4.84 Å². The Balaban J connectivity index is 4.12. The second-order valence-electron chi connectivity index (χ2n) is 9.10. The average Bonchev–Trinajstić information content (AvgIpc) is 2.74. The van der Waals surface area contributed by atoms with Gasteiger partial charge in [0.1, 0.15) is 12.1 Å². The third kappa shape index (κ3) is 12.8. The molecule has 0 radical (unpaired) electrons. The maximum atomic E-state index is 11.9. The normalized spacial score (nSPS) is 13.8. The van der Waals surface area contributed by atoms with Crippen LogP contribution >= 0.6 is 0 Å². The van der Waals surface area contributed by atoms with Gasteiger partial charge in [-0.15, -0.1) is 0 Å². The molecule has 0 spiro atoms. The molecule has 11 heteroatoms. The fourth-order valence-electron chi connectivity index (χ4n) is 2.85. The summed E-state index contributed by atoms with van der Waals surface area (Å²) in [6, 6.07) is -0.979. The summed E-state index contributed by atoms with van der Waals surface area (Å²) in [6.07, 6.45) is 3.58. The molecule has 0 rings (SSSR count). The van der Waals surface area contributed by atoms with Crippen LogP contribution in [0.1, 0.15) is 73.1 Å². The molecule has 0 saturated heterocycles. The molecule has 11 nitrogen and oxygen atoms in total. The summed E-state index contributed by atoms with van der Waals surface area (Å²) in [6.45, 7) is 10.3. The second kappa shape index (κ2) is 15.8. The van der Waals surface area contributed by atoms with Crippen LogP contribution in [0.5, 0.6) is 0 Å². The summed E-state index contributed by atoms with van der Waals surface area (Å²) in [5.74, 6) is -0.0592. The lowest BCUT2D eigenvalue weighted by Gasteiger charge is -2.31. The largest absolute Gasteiger partial charge is 0.359 e. The quantitative estimate of drug-likeness (QED) is 0.131. The number of hydrogen-bond donors (Lipinski definition) is 4. The van der Waals surface area contributed by atoms with E-state index in [0.29, 0.717) is 39.0 Å². The Hall–Kier alpha value is -1.98. The SMILES string of the molecule is CNC(=O)CCCCCC(=O)NCCC(N=O)C(C)(C)NCCONC(C)(C)C(C)N=O. The second-order valence-corrected chi connectivity index (χ2v) is 9.10. The molecule has 2 amide bonds. The molecule has 0 heterocycles. The molecule has 0 fully saturated rings. The standard InChI is InChI=1S/C21H42N6O5/c1-16(25-30)20(2,3)27-32-15-14-24-21(4,5)17(26-31)12-13-23-19(29)11-9-7-8-10-18(28)22-6/h16-17,24,27H,7-15H2,1-6H3,(H,22,28)(H,23,29). The summed E-state index contributed by atoms with van der Waals surface area (Å²) in [5, 5.41) is 14.9. The van der Waals surface area contributed by atoms with Crippen molar-refractivity contribution in [3.63, 3.8) is 0 Å². The minimum Gasteiger partial charge on any atom is -0.359 e. The lowest BCUT2D eigenvalue weighted by Crippen LogP contribution is -2.52. The van der Waals surface area contributed by atoms with Crippen molar-refractivity contribution in [1.82, 2.24) is 21.4 Å². The van der Waals surface area contributed by atoms with Gasteiger partial charge in [0, 0.05) is 38.5 Å². The fourth-order valence-corrected chi connectivity index (χ4v) is 2.85. The van der Waals surface area contributed by atoms with Crippen LogP contribution in [0.3, 0.4) is 0 Å². The number of carbonyl (C=O) groups excluding carboxylic acids is 2. The predicted molar refractivity (Wildman–Crippen MR) is 125 cm³/mol. The molecule has 0 aromatic rings. The van der Waals surface area contributed by atoms with Gasteiger partial charge in [0.05, 0.1) is 12.1 Å². The summed E-state index contributed by atoms with van der Waals surface area (Å²) in [5.41, 5.74) is 1.66. The van der Waals surface area contributed by atoms with E-state index in [1.165, 1.54) is 0 Å². The number of unbranched alkanes of at least 4 members (excludes halogenated alkanes) is 2. The molecular formula is C21H42N6O5. The van der Waals surface area contributed by atoms with Crippen LogP contribution < -0.4 is 21.4 Å². The molecule has 186 valence electrons. The smallest absolute Gasteiger partial charge is 0.219 e. The van der Waals surface area contributed by atoms with Gasteiger partial charge in [-0.25, -0.2) is 0 Å². The number of carbonyl (C=O) groups is 2. The molecular weight excluding hydrogens is 416 g/mol. The Morgan fingerprint density at radius 3 is 2.09 bits per heavy atom. The van der Waals surface area contributed by atoms with E-state index in [2.05, 4.69) is 31.8 Å². The van der Waals surface area contributed by atoms with E-state index in [1.807, 2.05) is 27.7 Å². The van der Waals surface area contributed by atoms with Gasteiger partial charge in [-0.05, 0) is 53.9 Å². The van der Waals surface area contributed by atoms with Gasteiger partial charge in [-0.3, -0.25) is 14.4 Å². The van der Waals surface area contributed by atoms with Crippen LogP contribution in [0.2, 0.25) is 0 Å².